The maximum atomic E-state index is 4.62. The van der Waals surface area contributed by atoms with Crippen LogP contribution in [-0.2, 0) is 17.9 Å². The van der Waals surface area contributed by atoms with Crippen LogP contribution in [0.3, 0.4) is 0 Å². The van der Waals surface area contributed by atoms with Gasteiger partial charge in [0.05, 0.1) is 7.05 Å². The molecule has 0 saturated heterocycles. The van der Waals surface area contributed by atoms with Crippen LogP contribution in [0.15, 0.2) is 67.1 Å². The van der Waals surface area contributed by atoms with E-state index in [1.54, 1.807) is 0 Å². The first-order chi connectivity index (χ1) is 14.0. The third kappa shape index (κ3) is 3.77. The lowest BCUT2D eigenvalue weighted by molar-refractivity contribution is -0.645. The Morgan fingerprint density at radius 2 is 1.43 bits per heavy atom. The highest BCUT2D eigenvalue weighted by Gasteiger charge is 2.22. The van der Waals surface area contributed by atoms with Crippen molar-refractivity contribution in [3.05, 3.63) is 78.2 Å². The molecule has 0 amide bonds. The molecule has 2 aromatic heterocycles. The maximum Gasteiger partial charge on any atom is 0.273 e. The molecule has 2 heterocycles. The molecule has 0 bridgehead atoms. The molecule has 2 aromatic carbocycles. The molecular formula is C27H32N3+. The molecule has 0 aliphatic carbocycles. The number of nitrogens with zero attached hydrogens (tertiary/aromatic N) is 3. The molecule has 0 saturated carbocycles. The van der Waals surface area contributed by atoms with Gasteiger partial charge >= 0.3 is 0 Å². The summed E-state index contributed by atoms with van der Waals surface area (Å²) in [6.45, 7) is 13.7. The fourth-order valence-electron chi connectivity index (χ4n) is 3.82. The number of aryl methyl sites for hydroxylation is 1. The van der Waals surface area contributed by atoms with Crippen LogP contribution in [0.25, 0.3) is 28.0 Å². The molecule has 154 valence electrons. The van der Waals surface area contributed by atoms with Gasteiger partial charge in [-0.3, -0.25) is 0 Å². The molecule has 4 rings (SSSR count). The quantitative estimate of drug-likeness (QED) is 0.373. The average Bonchev–Trinajstić information content (AvgIpc) is 3.03. The molecule has 0 aliphatic heterocycles. The van der Waals surface area contributed by atoms with E-state index in [-0.39, 0.29) is 10.8 Å². The van der Waals surface area contributed by atoms with E-state index in [1.165, 1.54) is 22.3 Å². The molecule has 3 heteroatoms. The lowest BCUT2D eigenvalue weighted by Crippen LogP contribution is -2.25. The van der Waals surface area contributed by atoms with Gasteiger partial charge in [0.25, 0.3) is 12.0 Å². The van der Waals surface area contributed by atoms with Crippen LogP contribution in [0.2, 0.25) is 0 Å². The van der Waals surface area contributed by atoms with Gasteiger partial charge in [0.15, 0.2) is 5.52 Å². The Labute approximate surface area is 180 Å². The second-order valence-corrected chi connectivity index (χ2v) is 10.3. The largest absolute Gasteiger partial charge is 0.273 e. The Bertz CT molecular complexity index is 1180. The Balaban J connectivity index is 1.88. The van der Waals surface area contributed by atoms with Crippen LogP contribution >= 0.6 is 0 Å². The molecule has 0 atom stereocenters. The van der Waals surface area contributed by atoms with Gasteiger partial charge in [-0.15, -0.1) is 0 Å². The summed E-state index contributed by atoms with van der Waals surface area (Å²) >= 11 is 0. The van der Waals surface area contributed by atoms with Crippen LogP contribution in [0, 0.1) is 0 Å². The van der Waals surface area contributed by atoms with Crippen molar-refractivity contribution in [3.8, 4) is 16.8 Å². The van der Waals surface area contributed by atoms with Gasteiger partial charge in [0.1, 0.15) is 5.69 Å². The van der Waals surface area contributed by atoms with Crippen molar-refractivity contribution in [2.75, 3.05) is 0 Å². The van der Waals surface area contributed by atoms with E-state index >= 15 is 0 Å². The molecule has 0 unspecified atom stereocenters. The number of hydrogen-bond acceptors (Lipinski definition) is 1. The third-order valence-electron chi connectivity index (χ3n) is 5.79. The number of benzene rings is 2. The molecule has 0 fully saturated rings. The topological polar surface area (TPSA) is 21.7 Å². The number of pyridine rings is 1. The van der Waals surface area contributed by atoms with Gasteiger partial charge in [-0.25, -0.2) is 9.55 Å². The summed E-state index contributed by atoms with van der Waals surface area (Å²) in [7, 11) is 2.06. The van der Waals surface area contributed by atoms with Crippen molar-refractivity contribution in [1.82, 2.24) is 9.55 Å². The first kappa shape index (κ1) is 20.3. The zero-order valence-corrected chi connectivity index (χ0v) is 19.2. The van der Waals surface area contributed by atoms with Gasteiger partial charge in [-0.2, -0.15) is 4.57 Å². The summed E-state index contributed by atoms with van der Waals surface area (Å²) in [5.74, 6) is 0. The summed E-state index contributed by atoms with van der Waals surface area (Å²) < 4.78 is 4.28. The standard InChI is InChI=1S/C27H32N3/c1-26(2,3)21-14-20(15-22(17-21)27(4,5)6)19-10-8-11-23(16-19)30-18-29(7)24-12-9-13-28-25(24)30/h8-18H,1-7H3/q+1. The molecular weight excluding hydrogens is 366 g/mol. The lowest BCUT2D eigenvalue weighted by atomic mass is 9.79. The molecule has 0 radical (unpaired) electrons. The SMILES string of the molecule is C[n+]1cn(-c2cccc(-c3cc(C(C)(C)C)cc(C(C)(C)C)c3)c2)c2ncccc21. The summed E-state index contributed by atoms with van der Waals surface area (Å²) in [5, 5.41) is 0. The van der Waals surface area contributed by atoms with Gasteiger partial charge in [-0.1, -0.05) is 71.9 Å². The van der Waals surface area contributed by atoms with E-state index in [9.17, 15) is 0 Å². The zero-order valence-electron chi connectivity index (χ0n) is 19.2. The molecule has 3 nitrogen and oxygen atoms in total. The molecule has 0 spiro atoms. The number of hydrogen-bond donors (Lipinski definition) is 0. The van der Waals surface area contributed by atoms with Crippen LogP contribution in [0.1, 0.15) is 52.7 Å². The van der Waals surface area contributed by atoms with E-state index in [0.717, 1.165) is 16.9 Å². The minimum atomic E-state index is 0.0991. The second-order valence-electron chi connectivity index (χ2n) is 10.3. The van der Waals surface area contributed by atoms with E-state index in [0.29, 0.717) is 0 Å². The number of imidazole rings is 1. The van der Waals surface area contributed by atoms with Crippen molar-refractivity contribution in [2.45, 2.75) is 52.4 Å². The smallest absolute Gasteiger partial charge is 0.231 e. The van der Waals surface area contributed by atoms with Crippen molar-refractivity contribution in [2.24, 2.45) is 7.05 Å². The number of fused-ring (bicyclic) bond motifs is 1. The predicted molar refractivity (Wildman–Crippen MR) is 125 cm³/mol. The highest BCUT2D eigenvalue weighted by atomic mass is 15.2. The number of rotatable bonds is 2. The van der Waals surface area contributed by atoms with E-state index in [2.05, 4.69) is 118 Å². The Hall–Kier alpha value is -2.94. The van der Waals surface area contributed by atoms with Crippen molar-refractivity contribution < 1.29 is 4.57 Å². The van der Waals surface area contributed by atoms with E-state index < -0.39 is 0 Å². The van der Waals surface area contributed by atoms with Crippen molar-refractivity contribution in [1.29, 1.82) is 0 Å². The minimum Gasteiger partial charge on any atom is -0.231 e. The summed E-state index contributed by atoms with van der Waals surface area (Å²) in [6, 6.07) is 19.9. The third-order valence-corrected chi connectivity index (χ3v) is 5.79. The monoisotopic (exact) mass is 398 g/mol. The fraction of sp³-hybridized carbons (Fsp3) is 0.333. The Morgan fingerprint density at radius 3 is 2.07 bits per heavy atom. The van der Waals surface area contributed by atoms with E-state index in [4.69, 9.17) is 0 Å². The van der Waals surface area contributed by atoms with E-state index in [1.807, 2.05) is 12.3 Å². The van der Waals surface area contributed by atoms with Gasteiger partial charge < -0.3 is 0 Å². The molecule has 4 aromatic rings. The highest BCUT2D eigenvalue weighted by molar-refractivity contribution is 5.72. The average molecular weight is 399 g/mol. The first-order valence-electron chi connectivity index (χ1n) is 10.6. The summed E-state index contributed by atoms with van der Waals surface area (Å²) in [6.07, 6.45) is 3.95. The van der Waals surface area contributed by atoms with Crippen LogP contribution in [-0.4, -0.2) is 9.55 Å². The Kier molecular flexibility index (Phi) is 4.80. The lowest BCUT2D eigenvalue weighted by Gasteiger charge is -2.26. The van der Waals surface area contributed by atoms with Crippen LogP contribution in [0.4, 0.5) is 0 Å². The first-order valence-corrected chi connectivity index (χ1v) is 10.6. The predicted octanol–water partition coefficient (Wildman–Crippen LogP) is 6.11. The normalized spacial score (nSPS) is 12.5. The van der Waals surface area contributed by atoms with Crippen molar-refractivity contribution >= 4 is 11.2 Å². The van der Waals surface area contributed by atoms with Gasteiger partial charge in [-0.05, 0) is 57.3 Å². The summed E-state index contributed by atoms with van der Waals surface area (Å²) in [5.41, 5.74) is 8.64. The van der Waals surface area contributed by atoms with Crippen molar-refractivity contribution in [3.63, 3.8) is 0 Å². The molecule has 0 N–H and O–H groups in total. The van der Waals surface area contributed by atoms with Gasteiger partial charge in [0, 0.05) is 6.20 Å². The highest BCUT2D eigenvalue weighted by Crippen LogP contribution is 2.34. The van der Waals surface area contributed by atoms with Crippen LogP contribution in [0.5, 0.6) is 0 Å². The maximum absolute atomic E-state index is 4.62. The van der Waals surface area contributed by atoms with Crippen LogP contribution < -0.4 is 4.57 Å². The van der Waals surface area contributed by atoms with Gasteiger partial charge in [0.2, 0.25) is 0 Å². The summed E-state index contributed by atoms with van der Waals surface area (Å²) in [4.78, 5) is 4.62. The number of aromatic nitrogens is 3. The second kappa shape index (κ2) is 7.09. The zero-order chi connectivity index (χ0) is 21.7. The Morgan fingerprint density at radius 1 is 0.767 bits per heavy atom. The fourth-order valence-corrected chi connectivity index (χ4v) is 3.82. The molecule has 0 aliphatic rings. The minimum absolute atomic E-state index is 0.0991. The molecule has 30 heavy (non-hydrogen) atoms.